The van der Waals surface area contributed by atoms with E-state index in [1.807, 2.05) is 65.0 Å². The Bertz CT molecular complexity index is 1050. The number of hydrogen-bond donors (Lipinski definition) is 1. The predicted molar refractivity (Wildman–Crippen MR) is 122 cm³/mol. The second kappa shape index (κ2) is 10.7. The number of aryl methyl sites for hydroxylation is 1. The second-order valence-electron chi connectivity index (χ2n) is 7.80. The van der Waals surface area contributed by atoms with E-state index in [9.17, 15) is 13.5 Å². The first-order valence-corrected chi connectivity index (χ1v) is 12.3. The van der Waals surface area contributed by atoms with Crippen LogP contribution < -0.4 is 0 Å². The molecule has 166 valence electrons. The van der Waals surface area contributed by atoms with E-state index in [2.05, 4.69) is 17.1 Å². The molecule has 2 aromatic carbocycles. The van der Waals surface area contributed by atoms with Crippen molar-refractivity contribution in [3.63, 3.8) is 0 Å². The van der Waals surface area contributed by atoms with Crippen molar-refractivity contribution < 1.29 is 13.5 Å². The van der Waals surface area contributed by atoms with Crippen LogP contribution in [0.15, 0.2) is 72.0 Å². The van der Waals surface area contributed by atoms with E-state index in [0.717, 1.165) is 24.1 Å². The number of rotatable bonds is 11. The Morgan fingerprint density at radius 2 is 1.71 bits per heavy atom. The molecular weight excluding hydrogens is 410 g/mol. The molecule has 0 amide bonds. The highest BCUT2D eigenvalue weighted by atomic mass is 32.2. The van der Waals surface area contributed by atoms with Crippen molar-refractivity contribution in [3.05, 3.63) is 83.7 Å². The maximum Gasteiger partial charge on any atom is 0.227 e. The number of nitrogens with zero attached hydrogens (tertiary/aromatic N) is 3. The minimum atomic E-state index is -3.42. The lowest BCUT2D eigenvalue weighted by atomic mass is 10.1. The van der Waals surface area contributed by atoms with Crippen LogP contribution >= 0.6 is 0 Å². The molecule has 0 radical (unpaired) electrons. The standard InChI is InChI=1S/C24H31N3O3S/c1-3-31(29,30)24-25-17-22(27(24)16-10-13-20-11-6-4-7-12-20)18-26(2)19-23(28)21-14-8-5-9-15-21/h4-9,11-12,14-15,17,23,28H,3,10,13,16,18-19H2,1-2H3/t23-/m1/s1. The Morgan fingerprint density at radius 1 is 1.06 bits per heavy atom. The highest BCUT2D eigenvalue weighted by Crippen LogP contribution is 2.18. The molecule has 6 nitrogen and oxygen atoms in total. The summed E-state index contributed by atoms with van der Waals surface area (Å²) >= 11 is 0. The molecule has 1 heterocycles. The number of aliphatic hydroxyl groups excluding tert-OH is 1. The largest absolute Gasteiger partial charge is 0.387 e. The number of sulfone groups is 1. The van der Waals surface area contributed by atoms with Crippen LogP contribution in [0.4, 0.5) is 0 Å². The Morgan fingerprint density at radius 3 is 2.35 bits per heavy atom. The van der Waals surface area contributed by atoms with Gasteiger partial charge in [0.2, 0.25) is 15.0 Å². The van der Waals surface area contributed by atoms with Gasteiger partial charge in [-0.25, -0.2) is 13.4 Å². The van der Waals surface area contributed by atoms with E-state index in [1.54, 1.807) is 13.1 Å². The summed E-state index contributed by atoms with van der Waals surface area (Å²) in [6, 6.07) is 19.7. The van der Waals surface area contributed by atoms with Crippen LogP contribution in [-0.4, -0.2) is 47.3 Å². The van der Waals surface area contributed by atoms with E-state index in [4.69, 9.17) is 0 Å². The summed E-state index contributed by atoms with van der Waals surface area (Å²) in [5.74, 6) is 0.0186. The lowest BCUT2D eigenvalue weighted by Gasteiger charge is -2.22. The molecule has 1 atom stereocenters. The van der Waals surface area contributed by atoms with Crippen LogP contribution in [-0.2, 0) is 29.3 Å². The van der Waals surface area contributed by atoms with Gasteiger partial charge in [-0.2, -0.15) is 0 Å². The average molecular weight is 442 g/mol. The zero-order chi connectivity index (χ0) is 22.3. The van der Waals surface area contributed by atoms with Crippen LogP contribution in [0.3, 0.4) is 0 Å². The number of aromatic nitrogens is 2. The highest BCUT2D eigenvalue weighted by molar-refractivity contribution is 7.91. The van der Waals surface area contributed by atoms with Crippen molar-refractivity contribution in [2.45, 2.75) is 44.1 Å². The number of hydrogen-bond acceptors (Lipinski definition) is 5. The van der Waals surface area contributed by atoms with E-state index < -0.39 is 15.9 Å². The summed E-state index contributed by atoms with van der Waals surface area (Å²) in [6.07, 6.45) is 2.72. The van der Waals surface area contributed by atoms with Gasteiger partial charge in [0.05, 0.1) is 23.7 Å². The fourth-order valence-corrected chi connectivity index (χ4v) is 4.65. The van der Waals surface area contributed by atoms with Gasteiger partial charge in [-0.1, -0.05) is 67.6 Å². The third kappa shape index (κ3) is 6.26. The van der Waals surface area contributed by atoms with Gasteiger partial charge >= 0.3 is 0 Å². The molecule has 3 aromatic rings. The number of benzene rings is 2. The molecule has 0 spiro atoms. The van der Waals surface area contributed by atoms with Crippen LogP contribution in [0, 0.1) is 0 Å². The molecule has 1 aromatic heterocycles. The summed E-state index contributed by atoms with van der Waals surface area (Å²) in [5, 5.41) is 10.7. The molecule has 3 rings (SSSR count). The average Bonchev–Trinajstić information content (AvgIpc) is 3.18. The number of imidazole rings is 1. The zero-order valence-electron chi connectivity index (χ0n) is 18.2. The van der Waals surface area contributed by atoms with E-state index in [-0.39, 0.29) is 10.9 Å². The van der Waals surface area contributed by atoms with Gasteiger partial charge in [0.15, 0.2) is 0 Å². The highest BCUT2D eigenvalue weighted by Gasteiger charge is 2.22. The molecule has 0 aliphatic carbocycles. The molecule has 7 heteroatoms. The SMILES string of the molecule is CCS(=O)(=O)c1ncc(CN(C)C[C@@H](O)c2ccccc2)n1CCCc1ccccc1. The minimum absolute atomic E-state index is 0.0186. The first-order chi connectivity index (χ1) is 14.9. The molecule has 0 fully saturated rings. The number of aliphatic hydroxyl groups is 1. The molecular formula is C24H31N3O3S. The fourth-order valence-electron chi connectivity index (χ4n) is 3.64. The maximum atomic E-state index is 12.6. The molecule has 0 aliphatic rings. The molecule has 0 saturated carbocycles. The molecule has 31 heavy (non-hydrogen) atoms. The predicted octanol–water partition coefficient (Wildman–Crippen LogP) is 3.47. The molecule has 0 aliphatic heterocycles. The van der Waals surface area contributed by atoms with Gasteiger partial charge in [0, 0.05) is 19.6 Å². The van der Waals surface area contributed by atoms with Crippen molar-refractivity contribution in [2.75, 3.05) is 19.3 Å². The van der Waals surface area contributed by atoms with Crippen molar-refractivity contribution in [1.82, 2.24) is 14.5 Å². The lowest BCUT2D eigenvalue weighted by molar-refractivity contribution is 0.122. The van der Waals surface area contributed by atoms with Gasteiger partial charge in [0.1, 0.15) is 0 Å². The fraction of sp³-hybridized carbons (Fsp3) is 0.375. The van der Waals surface area contributed by atoms with E-state index in [1.165, 1.54) is 5.56 Å². The van der Waals surface area contributed by atoms with Crippen molar-refractivity contribution in [2.24, 2.45) is 0 Å². The zero-order valence-corrected chi connectivity index (χ0v) is 19.0. The topological polar surface area (TPSA) is 75.4 Å². The van der Waals surface area contributed by atoms with Gasteiger partial charge in [-0.3, -0.25) is 4.90 Å². The Hall–Kier alpha value is -2.48. The van der Waals surface area contributed by atoms with E-state index >= 15 is 0 Å². The Labute approximate surface area is 185 Å². The van der Waals surface area contributed by atoms with Gasteiger partial charge in [-0.05, 0) is 31.0 Å². The summed E-state index contributed by atoms with van der Waals surface area (Å²) in [6.45, 7) is 3.16. The molecule has 1 N–H and O–H groups in total. The Balaban J connectivity index is 1.72. The maximum absolute atomic E-state index is 12.6. The van der Waals surface area contributed by atoms with Crippen molar-refractivity contribution >= 4 is 9.84 Å². The summed E-state index contributed by atoms with van der Waals surface area (Å²) in [4.78, 5) is 6.25. The van der Waals surface area contributed by atoms with Gasteiger partial charge < -0.3 is 9.67 Å². The monoisotopic (exact) mass is 441 g/mol. The number of likely N-dealkylation sites (N-methyl/N-ethyl adjacent to an activating group) is 1. The third-order valence-corrected chi connectivity index (χ3v) is 6.99. The minimum Gasteiger partial charge on any atom is -0.387 e. The summed E-state index contributed by atoms with van der Waals surface area (Å²) in [5.41, 5.74) is 2.93. The Kier molecular flexibility index (Phi) is 8.01. The van der Waals surface area contributed by atoms with Crippen molar-refractivity contribution in [1.29, 1.82) is 0 Å². The normalized spacial score (nSPS) is 12.9. The van der Waals surface area contributed by atoms with Crippen LogP contribution in [0.2, 0.25) is 0 Å². The molecule has 0 unspecified atom stereocenters. The van der Waals surface area contributed by atoms with Gasteiger partial charge in [0.25, 0.3) is 0 Å². The van der Waals surface area contributed by atoms with Crippen LogP contribution in [0.25, 0.3) is 0 Å². The molecule has 0 saturated heterocycles. The van der Waals surface area contributed by atoms with Gasteiger partial charge in [-0.15, -0.1) is 0 Å². The second-order valence-corrected chi connectivity index (χ2v) is 9.97. The first kappa shape index (κ1) is 23.2. The van der Waals surface area contributed by atoms with E-state index in [0.29, 0.717) is 19.6 Å². The van der Waals surface area contributed by atoms with Crippen LogP contribution in [0.1, 0.15) is 36.3 Å². The summed E-state index contributed by atoms with van der Waals surface area (Å²) < 4.78 is 27.0. The smallest absolute Gasteiger partial charge is 0.227 e. The quantitative estimate of drug-likeness (QED) is 0.493. The van der Waals surface area contributed by atoms with Crippen molar-refractivity contribution in [3.8, 4) is 0 Å². The summed E-state index contributed by atoms with van der Waals surface area (Å²) in [7, 11) is -1.50. The first-order valence-electron chi connectivity index (χ1n) is 10.6. The third-order valence-electron chi connectivity index (χ3n) is 5.35. The lowest BCUT2D eigenvalue weighted by Crippen LogP contribution is -2.26. The molecule has 0 bridgehead atoms. The van der Waals surface area contributed by atoms with Crippen LogP contribution in [0.5, 0.6) is 0 Å².